The van der Waals surface area contributed by atoms with Gasteiger partial charge in [-0.15, -0.1) is 11.8 Å². The van der Waals surface area contributed by atoms with Crippen LogP contribution in [0.25, 0.3) is 0 Å². The maximum atomic E-state index is 12.1. The van der Waals surface area contributed by atoms with Crippen molar-refractivity contribution in [2.24, 2.45) is 0 Å². The minimum absolute atomic E-state index is 0.0761. The van der Waals surface area contributed by atoms with Gasteiger partial charge in [0.15, 0.2) is 0 Å². The van der Waals surface area contributed by atoms with E-state index in [4.69, 9.17) is 0 Å². The zero-order valence-corrected chi connectivity index (χ0v) is 15.5. The van der Waals surface area contributed by atoms with Crippen LogP contribution in [0, 0.1) is 6.92 Å². The number of carbonyl (C=O) groups excluding carboxylic acids is 1. The summed E-state index contributed by atoms with van der Waals surface area (Å²) in [6.07, 6.45) is 2.49. The molecular formula is C20H26N2OS. The SMILES string of the molecule is CCN(CCNC(=O)Cc1ccc(SC)cc1)c1cccc(C)c1. The Balaban J connectivity index is 1.80. The number of benzene rings is 2. The van der Waals surface area contributed by atoms with Crippen molar-refractivity contribution >= 4 is 23.4 Å². The van der Waals surface area contributed by atoms with Gasteiger partial charge in [0.1, 0.15) is 0 Å². The third-order valence-corrected chi connectivity index (χ3v) is 4.72. The smallest absolute Gasteiger partial charge is 0.224 e. The summed E-state index contributed by atoms with van der Waals surface area (Å²) in [6, 6.07) is 16.6. The fraction of sp³-hybridized carbons (Fsp3) is 0.350. The molecule has 128 valence electrons. The summed E-state index contributed by atoms with van der Waals surface area (Å²) in [7, 11) is 0. The molecular weight excluding hydrogens is 316 g/mol. The molecule has 0 aliphatic heterocycles. The maximum Gasteiger partial charge on any atom is 0.224 e. The highest BCUT2D eigenvalue weighted by atomic mass is 32.2. The Kier molecular flexibility index (Phi) is 7.19. The first kappa shape index (κ1) is 18.4. The van der Waals surface area contributed by atoms with E-state index < -0.39 is 0 Å². The zero-order valence-electron chi connectivity index (χ0n) is 14.7. The van der Waals surface area contributed by atoms with Gasteiger partial charge in [-0.1, -0.05) is 24.3 Å². The summed E-state index contributed by atoms with van der Waals surface area (Å²) in [6.45, 7) is 6.63. The molecule has 3 nitrogen and oxygen atoms in total. The van der Waals surface area contributed by atoms with Crippen LogP contribution in [0.3, 0.4) is 0 Å². The number of anilines is 1. The summed E-state index contributed by atoms with van der Waals surface area (Å²) in [5, 5.41) is 3.02. The van der Waals surface area contributed by atoms with Gasteiger partial charge < -0.3 is 10.2 Å². The molecule has 0 radical (unpaired) electrons. The van der Waals surface area contributed by atoms with Gasteiger partial charge in [-0.3, -0.25) is 4.79 Å². The molecule has 0 spiro atoms. The van der Waals surface area contributed by atoms with Crippen molar-refractivity contribution in [2.75, 3.05) is 30.8 Å². The standard InChI is InChI=1S/C20H26N2OS/c1-4-22(18-7-5-6-16(2)14-18)13-12-21-20(23)15-17-8-10-19(24-3)11-9-17/h5-11,14H,4,12-13,15H2,1-3H3,(H,21,23). The van der Waals surface area contributed by atoms with Crippen LogP contribution in [0.4, 0.5) is 5.69 Å². The summed E-state index contributed by atoms with van der Waals surface area (Å²) >= 11 is 1.71. The van der Waals surface area contributed by atoms with Gasteiger partial charge in [-0.05, 0) is 55.5 Å². The van der Waals surface area contributed by atoms with Crippen molar-refractivity contribution in [2.45, 2.75) is 25.2 Å². The molecule has 0 atom stereocenters. The number of nitrogens with zero attached hydrogens (tertiary/aromatic N) is 1. The molecule has 0 saturated heterocycles. The summed E-state index contributed by atoms with van der Waals surface area (Å²) in [5.74, 6) is 0.0761. The lowest BCUT2D eigenvalue weighted by molar-refractivity contribution is -0.120. The fourth-order valence-electron chi connectivity index (χ4n) is 2.62. The van der Waals surface area contributed by atoms with Crippen LogP contribution >= 0.6 is 11.8 Å². The van der Waals surface area contributed by atoms with E-state index >= 15 is 0 Å². The van der Waals surface area contributed by atoms with Crippen molar-refractivity contribution in [3.63, 3.8) is 0 Å². The number of nitrogens with one attached hydrogen (secondary N) is 1. The average Bonchev–Trinajstić information content (AvgIpc) is 2.59. The molecule has 0 aliphatic rings. The second-order valence-corrected chi connectivity index (χ2v) is 6.67. The lowest BCUT2D eigenvalue weighted by Crippen LogP contribution is -2.35. The maximum absolute atomic E-state index is 12.1. The van der Waals surface area contributed by atoms with Crippen LogP contribution in [-0.4, -0.2) is 31.8 Å². The third-order valence-electron chi connectivity index (χ3n) is 3.98. The van der Waals surface area contributed by atoms with Crippen LogP contribution < -0.4 is 10.2 Å². The van der Waals surface area contributed by atoms with Crippen molar-refractivity contribution in [3.05, 3.63) is 59.7 Å². The van der Waals surface area contributed by atoms with E-state index in [1.54, 1.807) is 11.8 Å². The van der Waals surface area contributed by atoms with Crippen molar-refractivity contribution < 1.29 is 4.79 Å². The number of aryl methyl sites for hydroxylation is 1. The monoisotopic (exact) mass is 342 g/mol. The van der Waals surface area contributed by atoms with Crippen molar-refractivity contribution in [1.29, 1.82) is 0 Å². The minimum Gasteiger partial charge on any atom is -0.370 e. The second-order valence-electron chi connectivity index (χ2n) is 5.79. The van der Waals surface area contributed by atoms with Gasteiger partial charge in [-0.25, -0.2) is 0 Å². The molecule has 0 heterocycles. The molecule has 2 aromatic rings. The Morgan fingerprint density at radius 2 is 1.92 bits per heavy atom. The van der Waals surface area contributed by atoms with E-state index in [2.05, 4.69) is 66.7 Å². The first-order chi connectivity index (χ1) is 11.6. The number of likely N-dealkylation sites (N-methyl/N-ethyl adjacent to an activating group) is 1. The number of thioether (sulfide) groups is 1. The molecule has 2 aromatic carbocycles. The van der Waals surface area contributed by atoms with E-state index in [9.17, 15) is 4.79 Å². The molecule has 1 amide bonds. The van der Waals surface area contributed by atoms with Crippen LogP contribution in [0.5, 0.6) is 0 Å². The molecule has 0 bridgehead atoms. The summed E-state index contributed by atoms with van der Waals surface area (Å²) in [5.41, 5.74) is 3.51. The predicted octanol–water partition coefficient (Wildman–Crippen LogP) is 3.90. The Labute approximate surface area is 149 Å². The Hall–Kier alpha value is -1.94. The molecule has 4 heteroatoms. The molecule has 1 N–H and O–H groups in total. The summed E-state index contributed by atoms with van der Waals surface area (Å²) < 4.78 is 0. The van der Waals surface area contributed by atoms with Crippen LogP contribution in [-0.2, 0) is 11.2 Å². The van der Waals surface area contributed by atoms with Crippen molar-refractivity contribution in [1.82, 2.24) is 5.32 Å². The molecule has 0 aromatic heterocycles. The number of carbonyl (C=O) groups is 1. The molecule has 0 fully saturated rings. The zero-order chi connectivity index (χ0) is 17.4. The van der Waals surface area contributed by atoms with Crippen LogP contribution in [0.2, 0.25) is 0 Å². The lowest BCUT2D eigenvalue weighted by Gasteiger charge is -2.23. The van der Waals surface area contributed by atoms with Crippen molar-refractivity contribution in [3.8, 4) is 0 Å². The van der Waals surface area contributed by atoms with Crippen LogP contribution in [0.15, 0.2) is 53.4 Å². The first-order valence-corrected chi connectivity index (χ1v) is 9.56. The van der Waals surface area contributed by atoms with E-state index in [1.807, 2.05) is 12.1 Å². The van der Waals surface area contributed by atoms with Gasteiger partial charge in [0.2, 0.25) is 5.91 Å². The Morgan fingerprint density at radius 3 is 2.54 bits per heavy atom. The molecule has 0 unspecified atom stereocenters. The molecule has 0 aliphatic carbocycles. The van der Waals surface area contributed by atoms with E-state index in [0.717, 1.165) is 18.7 Å². The molecule has 24 heavy (non-hydrogen) atoms. The van der Waals surface area contributed by atoms with Gasteiger partial charge in [0.25, 0.3) is 0 Å². The van der Waals surface area contributed by atoms with E-state index in [0.29, 0.717) is 13.0 Å². The molecule has 2 rings (SSSR count). The average molecular weight is 343 g/mol. The first-order valence-electron chi connectivity index (χ1n) is 8.33. The normalized spacial score (nSPS) is 10.5. The lowest BCUT2D eigenvalue weighted by atomic mass is 10.1. The largest absolute Gasteiger partial charge is 0.370 e. The minimum atomic E-state index is 0.0761. The number of hydrogen-bond acceptors (Lipinski definition) is 3. The Bertz CT molecular complexity index is 655. The number of rotatable bonds is 8. The fourth-order valence-corrected chi connectivity index (χ4v) is 3.02. The Morgan fingerprint density at radius 1 is 1.17 bits per heavy atom. The number of amides is 1. The highest BCUT2D eigenvalue weighted by Crippen LogP contribution is 2.16. The van der Waals surface area contributed by atoms with E-state index in [1.165, 1.54) is 16.1 Å². The highest BCUT2D eigenvalue weighted by molar-refractivity contribution is 7.98. The van der Waals surface area contributed by atoms with Crippen LogP contribution in [0.1, 0.15) is 18.1 Å². The predicted molar refractivity (Wildman–Crippen MR) is 104 cm³/mol. The number of hydrogen-bond donors (Lipinski definition) is 1. The van der Waals surface area contributed by atoms with Gasteiger partial charge in [0, 0.05) is 30.2 Å². The highest BCUT2D eigenvalue weighted by Gasteiger charge is 2.07. The molecule has 0 saturated carbocycles. The quantitative estimate of drug-likeness (QED) is 0.739. The van der Waals surface area contributed by atoms with Gasteiger partial charge in [0.05, 0.1) is 6.42 Å². The van der Waals surface area contributed by atoms with E-state index in [-0.39, 0.29) is 5.91 Å². The topological polar surface area (TPSA) is 32.3 Å². The van der Waals surface area contributed by atoms with Gasteiger partial charge >= 0.3 is 0 Å². The van der Waals surface area contributed by atoms with Gasteiger partial charge in [-0.2, -0.15) is 0 Å². The second kappa shape index (κ2) is 9.38. The summed E-state index contributed by atoms with van der Waals surface area (Å²) in [4.78, 5) is 15.6. The third kappa shape index (κ3) is 5.60.